The summed E-state index contributed by atoms with van der Waals surface area (Å²) in [4.78, 5) is 3.52. The normalized spacial score (nSPS) is 13.1. The van der Waals surface area contributed by atoms with Crippen LogP contribution in [0.5, 0.6) is 0 Å². The average Bonchev–Trinajstić information content (AvgIpc) is 2.46. The number of aryl methyl sites for hydroxylation is 1. The molecule has 0 amide bonds. The minimum atomic E-state index is 0.358. The highest BCUT2D eigenvalue weighted by Crippen LogP contribution is 2.30. The summed E-state index contributed by atoms with van der Waals surface area (Å²) in [6.45, 7) is 16.2. The third kappa shape index (κ3) is 4.88. The molecule has 0 aliphatic rings. The summed E-state index contributed by atoms with van der Waals surface area (Å²) >= 11 is 0. The van der Waals surface area contributed by atoms with E-state index in [1.165, 1.54) is 36.9 Å². The number of rotatable bonds is 4. The highest BCUT2D eigenvalue weighted by atomic mass is 14.7. The van der Waals surface area contributed by atoms with Crippen LogP contribution in [0.2, 0.25) is 0 Å². The van der Waals surface area contributed by atoms with Gasteiger partial charge in [0, 0.05) is 11.9 Å². The van der Waals surface area contributed by atoms with Crippen LogP contribution in [0.15, 0.2) is 6.20 Å². The van der Waals surface area contributed by atoms with E-state index in [1.54, 1.807) is 5.56 Å². The van der Waals surface area contributed by atoms with E-state index in [1.807, 2.05) is 0 Å². The van der Waals surface area contributed by atoms with Crippen LogP contribution in [0.1, 0.15) is 71.7 Å². The van der Waals surface area contributed by atoms with Gasteiger partial charge in [-0.2, -0.15) is 0 Å². The van der Waals surface area contributed by atoms with Crippen LogP contribution in [0.4, 0.5) is 0 Å². The lowest BCUT2D eigenvalue weighted by atomic mass is 9.82. The molecular formula is C17H31N. The second kappa shape index (κ2) is 5.50. The van der Waals surface area contributed by atoms with Crippen LogP contribution in [-0.4, -0.2) is 4.98 Å². The van der Waals surface area contributed by atoms with Crippen molar-refractivity contribution in [3.05, 3.63) is 23.0 Å². The zero-order valence-electron chi connectivity index (χ0n) is 13.4. The fraction of sp³-hybridized carbons (Fsp3) is 0.765. The van der Waals surface area contributed by atoms with Gasteiger partial charge in [0.15, 0.2) is 0 Å². The van der Waals surface area contributed by atoms with Crippen LogP contribution in [0, 0.1) is 10.8 Å². The molecule has 0 spiro atoms. The fourth-order valence-corrected chi connectivity index (χ4v) is 2.49. The van der Waals surface area contributed by atoms with E-state index in [2.05, 4.69) is 59.6 Å². The molecule has 0 unspecified atom stereocenters. The molecule has 0 saturated heterocycles. The molecular weight excluding hydrogens is 218 g/mol. The number of H-pyrrole nitrogens is 1. The average molecular weight is 249 g/mol. The Morgan fingerprint density at radius 3 is 1.94 bits per heavy atom. The second-order valence-corrected chi connectivity index (χ2v) is 8.00. The van der Waals surface area contributed by atoms with Gasteiger partial charge in [0.1, 0.15) is 0 Å². The van der Waals surface area contributed by atoms with E-state index < -0.39 is 0 Å². The van der Waals surface area contributed by atoms with E-state index in [9.17, 15) is 0 Å². The zero-order chi connectivity index (χ0) is 14.0. The molecule has 0 radical (unpaired) electrons. The number of nitrogens with one attached hydrogen (secondary N) is 1. The Labute approximate surface area is 113 Å². The number of aromatic nitrogens is 1. The summed E-state index contributed by atoms with van der Waals surface area (Å²) in [5.41, 5.74) is 5.29. The van der Waals surface area contributed by atoms with Crippen molar-refractivity contribution in [1.29, 1.82) is 0 Å². The van der Waals surface area contributed by atoms with Gasteiger partial charge in [-0.3, -0.25) is 0 Å². The molecule has 0 aromatic carbocycles. The first-order valence-corrected chi connectivity index (χ1v) is 7.30. The monoisotopic (exact) mass is 249 g/mol. The third-order valence-corrected chi connectivity index (χ3v) is 3.10. The quantitative estimate of drug-likeness (QED) is 0.760. The lowest BCUT2D eigenvalue weighted by Crippen LogP contribution is -2.15. The molecule has 1 aromatic heterocycles. The Morgan fingerprint density at radius 2 is 1.50 bits per heavy atom. The van der Waals surface area contributed by atoms with Crippen molar-refractivity contribution < 1.29 is 0 Å². The first-order chi connectivity index (χ1) is 8.12. The second-order valence-electron chi connectivity index (χ2n) is 8.00. The van der Waals surface area contributed by atoms with Gasteiger partial charge in [-0.1, -0.05) is 54.9 Å². The Hall–Kier alpha value is -0.720. The van der Waals surface area contributed by atoms with Gasteiger partial charge in [-0.05, 0) is 41.2 Å². The zero-order valence-corrected chi connectivity index (χ0v) is 13.4. The van der Waals surface area contributed by atoms with Crippen LogP contribution in [-0.2, 0) is 19.3 Å². The summed E-state index contributed by atoms with van der Waals surface area (Å²) in [7, 11) is 0. The molecule has 104 valence electrons. The van der Waals surface area contributed by atoms with Gasteiger partial charge >= 0.3 is 0 Å². The number of hydrogen-bond donors (Lipinski definition) is 1. The highest BCUT2D eigenvalue weighted by molar-refractivity contribution is 5.33. The maximum atomic E-state index is 3.52. The smallest absolute Gasteiger partial charge is 0.0182 e. The van der Waals surface area contributed by atoms with Crippen LogP contribution >= 0.6 is 0 Å². The van der Waals surface area contributed by atoms with Crippen LogP contribution in [0.3, 0.4) is 0 Å². The molecule has 0 bridgehead atoms. The largest absolute Gasteiger partial charge is 0.364 e. The van der Waals surface area contributed by atoms with Gasteiger partial charge in [0.25, 0.3) is 0 Å². The van der Waals surface area contributed by atoms with Gasteiger partial charge in [-0.25, -0.2) is 0 Å². The van der Waals surface area contributed by atoms with Crippen molar-refractivity contribution in [2.75, 3.05) is 0 Å². The minimum absolute atomic E-state index is 0.358. The molecule has 0 aliphatic carbocycles. The van der Waals surface area contributed by atoms with E-state index in [4.69, 9.17) is 0 Å². The van der Waals surface area contributed by atoms with Crippen molar-refractivity contribution in [3.63, 3.8) is 0 Å². The Balaban J connectivity index is 3.03. The lowest BCUT2D eigenvalue weighted by molar-refractivity contribution is 0.392. The fourth-order valence-electron chi connectivity index (χ4n) is 2.49. The maximum Gasteiger partial charge on any atom is 0.0182 e. The summed E-state index contributed by atoms with van der Waals surface area (Å²) in [6, 6.07) is 0. The summed E-state index contributed by atoms with van der Waals surface area (Å²) in [6.07, 6.45) is 6.98. The molecule has 1 N–H and O–H groups in total. The van der Waals surface area contributed by atoms with Crippen molar-refractivity contribution >= 4 is 0 Å². The minimum Gasteiger partial charge on any atom is -0.364 e. The molecule has 18 heavy (non-hydrogen) atoms. The van der Waals surface area contributed by atoms with Gasteiger partial charge < -0.3 is 4.98 Å². The summed E-state index contributed by atoms with van der Waals surface area (Å²) < 4.78 is 0. The molecule has 1 aromatic rings. The van der Waals surface area contributed by atoms with Crippen molar-refractivity contribution in [2.45, 2.75) is 74.1 Å². The first kappa shape index (κ1) is 15.3. The molecule has 0 aliphatic heterocycles. The van der Waals surface area contributed by atoms with Crippen molar-refractivity contribution in [3.8, 4) is 0 Å². The van der Waals surface area contributed by atoms with Crippen LogP contribution in [0.25, 0.3) is 0 Å². The van der Waals surface area contributed by atoms with Crippen LogP contribution < -0.4 is 0 Å². The predicted octanol–water partition coefficient (Wildman–Crippen LogP) is 5.14. The van der Waals surface area contributed by atoms with Crippen molar-refractivity contribution in [2.24, 2.45) is 10.8 Å². The molecule has 0 atom stereocenters. The molecule has 0 saturated carbocycles. The third-order valence-electron chi connectivity index (χ3n) is 3.10. The number of aromatic amines is 1. The Bertz CT molecular complexity index is 371. The first-order valence-electron chi connectivity index (χ1n) is 7.30. The Morgan fingerprint density at radius 1 is 0.944 bits per heavy atom. The molecule has 1 nitrogen and oxygen atoms in total. The van der Waals surface area contributed by atoms with Crippen molar-refractivity contribution in [1.82, 2.24) is 4.98 Å². The SMILES string of the molecule is CCCc1[nH]cc(CC(C)(C)C)c1CC(C)(C)C. The summed E-state index contributed by atoms with van der Waals surface area (Å²) in [5.74, 6) is 0. The van der Waals surface area contributed by atoms with E-state index >= 15 is 0 Å². The lowest BCUT2D eigenvalue weighted by Gasteiger charge is -2.23. The topological polar surface area (TPSA) is 15.8 Å². The molecule has 0 fully saturated rings. The molecule has 1 heteroatoms. The van der Waals surface area contributed by atoms with E-state index in [0.29, 0.717) is 10.8 Å². The summed E-state index contributed by atoms with van der Waals surface area (Å²) in [5, 5.41) is 0. The highest BCUT2D eigenvalue weighted by Gasteiger charge is 2.21. The van der Waals surface area contributed by atoms with Gasteiger partial charge in [0.05, 0.1) is 0 Å². The maximum absolute atomic E-state index is 3.52. The molecule has 1 heterocycles. The van der Waals surface area contributed by atoms with E-state index in [0.717, 1.165) is 0 Å². The molecule has 1 rings (SSSR count). The number of hydrogen-bond acceptors (Lipinski definition) is 0. The standard InChI is InChI=1S/C17H31N/c1-8-9-15-14(11-17(5,6)7)13(12-18-15)10-16(2,3)4/h12,18H,8-11H2,1-7H3. The van der Waals surface area contributed by atoms with Gasteiger partial charge in [0.2, 0.25) is 0 Å². The Kier molecular flexibility index (Phi) is 4.69. The van der Waals surface area contributed by atoms with E-state index in [-0.39, 0.29) is 0 Å². The predicted molar refractivity (Wildman–Crippen MR) is 81.1 cm³/mol. The van der Waals surface area contributed by atoms with Gasteiger partial charge in [-0.15, -0.1) is 0 Å².